The van der Waals surface area contributed by atoms with Crippen molar-refractivity contribution in [3.8, 4) is 5.75 Å². The molecule has 0 amide bonds. The van der Waals surface area contributed by atoms with E-state index in [1.807, 2.05) is 0 Å². The van der Waals surface area contributed by atoms with Crippen LogP contribution in [0.1, 0.15) is 0 Å². The minimum Gasteiger partial charge on any atom is -0.462 e. The molecule has 3 nitrogen and oxygen atoms in total. The molecule has 12 heavy (non-hydrogen) atoms. The van der Waals surface area contributed by atoms with Crippen molar-refractivity contribution in [2.45, 2.75) is 0 Å². The summed E-state index contributed by atoms with van der Waals surface area (Å²) in [4.78, 5) is 0. The zero-order valence-corrected chi connectivity index (χ0v) is 7.77. The second kappa shape index (κ2) is 4.27. The smallest absolute Gasteiger partial charge is 0.228 e. The Bertz CT molecular complexity index is 270. The molecule has 0 aliphatic carbocycles. The standard InChI is InChI=1S/C7H8BrFN2O/c8-6-3-5(11-10)1-2-7(6)12-4-9/h1-3,11H,4,10H2. The third kappa shape index (κ3) is 2.09. The molecule has 0 bridgehead atoms. The molecule has 0 fully saturated rings. The lowest BCUT2D eigenvalue weighted by Gasteiger charge is -2.05. The highest BCUT2D eigenvalue weighted by molar-refractivity contribution is 9.10. The Kier molecular flexibility index (Phi) is 3.31. The van der Waals surface area contributed by atoms with Crippen molar-refractivity contribution in [1.82, 2.24) is 0 Å². The van der Waals surface area contributed by atoms with Crippen molar-refractivity contribution < 1.29 is 9.13 Å². The molecule has 0 heterocycles. The molecule has 0 radical (unpaired) electrons. The fourth-order valence-electron chi connectivity index (χ4n) is 0.766. The molecule has 0 atom stereocenters. The van der Waals surface area contributed by atoms with Crippen molar-refractivity contribution in [3.05, 3.63) is 22.7 Å². The van der Waals surface area contributed by atoms with Gasteiger partial charge in [-0.1, -0.05) is 0 Å². The zero-order chi connectivity index (χ0) is 8.97. The zero-order valence-electron chi connectivity index (χ0n) is 6.18. The molecule has 5 heteroatoms. The summed E-state index contributed by atoms with van der Waals surface area (Å²) in [7, 11) is 0. The summed E-state index contributed by atoms with van der Waals surface area (Å²) in [5, 5.41) is 0. The van der Waals surface area contributed by atoms with E-state index in [9.17, 15) is 4.39 Å². The van der Waals surface area contributed by atoms with E-state index in [2.05, 4.69) is 26.1 Å². The molecule has 66 valence electrons. The van der Waals surface area contributed by atoms with Crippen molar-refractivity contribution >= 4 is 21.6 Å². The summed E-state index contributed by atoms with van der Waals surface area (Å²) in [6.07, 6.45) is 0. The summed E-state index contributed by atoms with van der Waals surface area (Å²) >= 11 is 3.20. The summed E-state index contributed by atoms with van der Waals surface area (Å²) in [6.45, 7) is -0.839. The molecule has 1 aromatic carbocycles. The number of ether oxygens (including phenoxy) is 1. The van der Waals surface area contributed by atoms with Crippen LogP contribution >= 0.6 is 15.9 Å². The third-order valence-corrected chi connectivity index (χ3v) is 1.93. The number of halogens is 2. The van der Waals surface area contributed by atoms with Crippen molar-refractivity contribution in [3.63, 3.8) is 0 Å². The number of hydrazine groups is 1. The number of alkyl halides is 1. The molecule has 0 unspecified atom stereocenters. The predicted molar refractivity (Wildman–Crippen MR) is 48.6 cm³/mol. The van der Waals surface area contributed by atoms with Gasteiger partial charge in [0.15, 0.2) is 0 Å². The Morgan fingerprint density at radius 1 is 1.58 bits per heavy atom. The van der Waals surface area contributed by atoms with Crippen LogP contribution in [0.5, 0.6) is 5.75 Å². The number of hydrogen-bond donors (Lipinski definition) is 2. The second-order valence-corrected chi connectivity index (χ2v) is 2.90. The van der Waals surface area contributed by atoms with Gasteiger partial charge in [-0.05, 0) is 34.1 Å². The predicted octanol–water partition coefficient (Wildman–Crippen LogP) is 2.04. The number of nitrogens with one attached hydrogen (secondary N) is 1. The van der Waals surface area contributed by atoms with Gasteiger partial charge in [-0.25, -0.2) is 4.39 Å². The molecule has 0 aliphatic heterocycles. The molecule has 0 aliphatic rings. The summed E-state index contributed by atoms with van der Waals surface area (Å²) in [6, 6.07) is 5.01. The van der Waals surface area contributed by atoms with Gasteiger partial charge >= 0.3 is 0 Å². The first-order chi connectivity index (χ1) is 5.77. The minimum absolute atomic E-state index is 0.455. The monoisotopic (exact) mass is 234 g/mol. The maximum atomic E-state index is 11.8. The van der Waals surface area contributed by atoms with E-state index in [4.69, 9.17) is 5.84 Å². The van der Waals surface area contributed by atoms with E-state index in [1.54, 1.807) is 18.2 Å². The first-order valence-corrected chi connectivity index (χ1v) is 4.02. The molecule has 0 spiro atoms. The van der Waals surface area contributed by atoms with Gasteiger partial charge in [0.25, 0.3) is 0 Å². The van der Waals surface area contributed by atoms with E-state index in [1.165, 1.54) is 0 Å². The Labute approximate surface area is 77.8 Å². The van der Waals surface area contributed by atoms with Crippen LogP contribution in [0.25, 0.3) is 0 Å². The van der Waals surface area contributed by atoms with Crippen molar-refractivity contribution in [2.75, 3.05) is 12.3 Å². The van der Waals surface area contributed by atoms with Crippen molar-refractivity contribution in [2.24, 2.45) is 5.84 Å². The van der Waals surface area contributed by atoms with Crippen LogP contribution in [-0.2, 0) is 0 Å². The average molecular weight is 235 g/mol. The van der Waals surface area contributed by atoms with E-state index >= 15 is 0 Å². The van der Waals surface area contributed by atoms with Gasteiger partial charge < -0.3 is 10.2 Å². The van der Waals surface area contributed by atoms with Gasteiger partial charge in [0.1, 0.15) is 5.75 Å². The van der Waals surface area contributed by atoms with Crippen LogP contribution in [-0.4, -0.2) is 6.86 Å². The van der Waals surface area contributed by atoms with Gasteiger partial charge in [-0.2, -0.15) is 0 Å². The SMILES string of the molecule is NNc1ccc(OCF)c(Br)c1. The van der Waals surface area contributed by atoms with Crippen molar-refractivity contribution in [1.29, 1.82) is 0 Å². The fraction of sp³-hybridized carbons (Fsp3) is 0.143. The van der Waals surface area contributed by atoms with Gasteiger partial charge in [-0.3, -0.25) is 5.84 Å². The van der Waals surface area contributed by atoms with E-state index in [0.29, 0.717) is 10.2 Å². The van der Waals surface area contributed by atoms with E-state index in [0.717, 1.165) is 5.69 Å². The van der Waals surface area contributed by atoms with E-state index < -0.39 is 6.86 Å². The Hall–Kier alpha value is -0.810. The largest absolute Gasteiger partial charge is 0.462 e. The first kappa shape index (κ1) is 9.28. The molecule has 1 aromatic rings. The van der Waals surface area contributed by atoms with Gasteiger partial charge in [0.2, 0.25) is 6.86 Å². The lowest BCUT2D eigenvalue weighted by molar-refractivity contribution is 0.190. The van der Waals surface area contributed by atoms with Gasteiger partial charge in [0.05, 0.1) is 4.47 Å². The van der Waals surface area contributed by atoms with Gasteiger partial charge in [-0.15, -0.1) is 0 Å². The Morgan fingerprint density at radius 2 is 2.33 bits per heavy atom. The highest BCUT2D eigenvalue weighted by Crippen LogP contribution is 2.27. The maximum Gasteiger partial charge on any atom is 0.228 e. The van der Waals surface area contributed by atoms with Crippen LogP contribution in [0.4, 0.5) is 10.1 Å². The number of nitrogens with two attached hydrogens (primary N) is 1. The normalized spacial score (nSPS) is 9.58. The molecule has 0 saturated heterocycles. The fourth-order valence-corrected chi connectivity index (χ4v) is 1.26. The number of rotatable bonds is 3. The second-order valence-electron chi connectivity index (χ2n) is 2.04. The van der Waals surface area contributed by atoms with Crippen LogP contribution in [0.3, 0.4) is 0 Å². The van der Waals surface area contributed by atoms with Crippen LogP contribution < -0.4 is 16.0 Å². The molecular formula is C7H8BrFN2O. The average Bonchev–Trinajstić information content (AvgIpc) is 2.09. The summed E-state index contributed by atoms with van der Waals surface area (Å²) in [5.41, 5.74) is 3.19. The topological polar surface area (TPSA) is 47.3 Å². The molecule has 0 aromatic heterocycles. The first-order valence-electron chi connectivity index (χ1n) is 3.23. The maximum absolute atomic E-state index is 11.8. The molecular weight excluding hydrogens is 227 g/mol. The lowest BCUT2D eigenvalue weighted by atomic mass is 10.3. The number of hydrogen-bond acceptors (Lipinski definition) is 3. The molecule has 0 saturated carbocycles. The quantitative estimate of drug-likeness (QED) is 0.622. The number of anilines is 1. The summed E-state index contributed by atoms with van der Waals surface area (Å²) < 4.78 is 17.1. The minimum atomic E-state index is -0.839. The highest BCUT2D eigenvalue weighted by Gasteiger charge is 2.00. The summed E-state index contributed by atoms with van der Waals surface area (Å²) in [5.74, 6) is 5.61. The van der Waals surface area contributed by atoms with E-state index in [-0.39, 0.29) is 0 Å². The highest BCUT2D eigenvalue weighted by atomic mass is 79.9. The Morgan fingerprint density at radius 3 is 2.83 bits per heavy atom. The third-order valence-electron chi connectivity index (χ3n) is 1.31. The van der Waals surface area contributed by atoms with Crippen LogP contribution in [0.15, 0.2) is 22.7 Å². The van der Waals surface area contributed by atoms with Crippen LogP contribution in [0.2, 0.25) is 0 Å². The molecule has 3 N–H and O–H groups in total. The molecule has 1 rings (SSSR count). The Balaban J connectivity index is 2.87. The van der Waals surface area contributed by atoms with Gasteiger partial charge in [0, 0.05) is 5.69 Å². The van der Waals surface area contributed by atoms with Crippen LogP contribution in [0, 0.1) is 0 Å². The number of benzene rings is 1. The lowest BCUT2D eigenvalue weighted by Crippen LogP contribution is -2.06. The number of nitrogen functional groups attached to an aromatic ring is 1.